The molecule has 38 heavy (non-hydrogen) atoms. The third-order valence-electron chi connectivity index (χ3n) is 6.30. The molecule has 1 fully saturated rings. The van der Waals surface area contributed by atoms with Gasteiger partial charge in [0.2, 0.25) is 5.91 Å². The van der Waals surface area contributed by atoms with Crippen molar-refractivity contribution in [1.29, 1.82) is 0 Å². The van der Waals surface area contributed by atoms with E-state index >= 15 is 0 Å². The number of nitrogens with zero attached hydrogens (tertiary/aromatic N) is 2. The summed E-state index contributed by atoms with van der Waals surface area (Å²) in [5.41, 5.74) is 1.92. The Morgan fingerprint density at radius 1 is 0.947 bits per heavy atom. The number of piperazine rings is 1. The van der Waals surface area contributed by atoms with Crippen LogP contribution in [-0.4, -0.2) is 47.3 Å². The van der Waals surface area contributed by atoms with E-state index in [2.05, 4.69) is 11.9 Å². The van der Waals surface area contributed by atoms with Gasteiger partial charge in [-0.2, -0.15) is 0 Å². The van der Waals surface area contributed by atoms with Crippen molar-refractivity contribution in [3.05, 3.63) is 120 Å². The molecular formula is C30H26ClN3O4. The van der Waals surface area contributed by atoms with E-state index in [4.69, 9.17) is 20.8 Å². The number of carbonyl (C=O) groups is 2. The number of anilines is 1. The Kier molecular flexibility index (Phi) is 7.47. The first-order chi connectivity index (χ1) is 18.5. The number of halogens is 1. The zero-order chi connectivity index (χ0) is 26.5. The lowest BCUT2D eigenvalue weighted by Gasteiger charge is -2.41. The number of para-hydroxylation sites is 1. The Morgan fingerprint density at radius 2 is 1.74 bits per heavy atom. The standard InChI is InChI=1S/C30H26ClN3O4/c1-21(38-26-9-3-2-4-10-26)34-17-16-33(20-27(34)29(35)32-25-14-12-24(31)13-15-25)30(36)23-8-5-7-22(19-23)28-11-6-18-37-28/h2-15,18-19,27H,1,16-17,20H2,(H,32,35). The molecule has 3 aromatic carbocycles. The van der Waals surface area contributed by atoms with E-state index in [1.54, 1.807) is 58.5 Å². The van der Waals surface area contributed by atoms with Gasteiger partial charge >= 0.3 is 0 Å². The summed E-state index contributed by atoms with van der Waals surface area (Å²) in [4.78, 5) is 30.5. The van der Waals surface area contributed by atoms with Crippen LogP contribution in [0.5, 0.6) is 5.75 Å². The summed E-state index contributed by atoms with van der Waals surface area (Å²) >= 11 is 6.00. The molecule has 5 rings (SSSR count). The zero-order valence-corrected chi connectivity index (χ0v) is 21.3. The average molecular weight is 528 g/mol. The minimum atomic E-state index is -0.729. The third-order valence-corrected chi connectivity index (χ3v) is 6.55. The van der Waals surface area contributed by atoms with Crippen LogP contribution in [0.2, 0.25) is 5.02 Å². The molecule has 7 nitrogen and oxygen atoms in total. The number of furan rings is 1. The highest BCUT2D eigenvalue weighted by atomic mass is 35.5. The highest BCUT2D eigenvalue weighted by molar-refractivity contribution is 6.30. The van der Waals surface area contributed by atoms with Crippen molar-refractivity contribution in [2.75, 3.05) is 25.0 Å². The molecule has 0 aliphatic carbocycles. The predicted molar refractivity (Wildman–Crippen MR) is 147 cm³/mol. The normalized spacial score (nSPS) is 15.1. The molecule has 1 aromatic heterocycles. The monoisotopic (exact) mass is 527 g/mol. The number of nitrogens with one attached hydrogen (secondary N) is 1. The van der Waals surface area contributed by atoms with Gasteiger partial charge in [0.25, 0.3) is 5.91 Å². The van der Waals surface area contributed by atoms with Crippen LogP contribution in [0.3, 0.4) is 0 Å². The lowest BCUT2D eigenvalue weighted by Crippen LogP contribution is -2.58. The molecule has 1 N–H and O–H groups in total. The van der Waals surface area contributed by atoms with Gasteiger partial charge in [0.1, 0.15) is 17.6 Å². The topological polar surface area (TPSA) is 75.0 Å². The molecule has 4 aromatic rings. The van der Waals surface area contributed by atoms with E-state index in [1.165, 1.54) is 0 Å². The zero-order valence-electron chi connectivity index (χ0n) is 20.5. The van der Waals surface area contributed by atoms with E-state index in [0.29, 0.717) is 46.8 Å². The van der Waals surface area contributed by atoms with Crippen LogP contribution in [-0.2, 0) is 4.79 Å². The molecule has 1 unspecified atom stereocenters. The number of ether oxygens (including phenoxy) is 1. The maximum absolute atomic E-state index is 13.5. The van der Waals surface area contributed by atoms with E-state index < -0.39 is 6.04 Å². The summed E-state index contributed by atoms with van der Waals surface area (Å²) in [6.07, 6.45) is 1.59. The third kappa shape index (κ3) is 5.74. The van der Waals surface area contributed by atoms with Crippen molar-refractivity contribution in [3.8, 4) is 17.1 Å². The van der Waals surface area contributed by atoms with Crippen molar-refractivity contribution in [1.82, 2.24) is 9.80 Å². The van der Waals surface area contributed by atoms with Gasteiger partial charge in [-0.25, -0.2) is 0 Å². The molecule has 0 bridgehead atoms. The van der Waals surface area contributed by atoms with E-state index in [1.807, 2.05) is 48.5 Å². The number of amides is 2. The molecule has 192 valence electrons. The van der Waals surface area contributed by atoms with Gasteiger partial charge in [-0.15, -0.1) is 0 Å². The molecule has 2 heterocycles. The van der Waals surface area contributed by atoms with Gasteiger partial charge in [0.05, 0.1) is 12.8 Å². The Labute approximate surface area is 225 Å². The molecule has 0 spiro atoms. The van der Waals surface area contributed by atoms with Crippen molar-refractivity contribution in [2.24, 2.45) is 0 Å². The first-order valence-corrected chi connectivity index (χ1v) is 12.5. The number of benzene rings is 3. The summed E-state index contributed by atoms with van der Waals surface area (Å²) in [6.45, 7) is 5.00. The van der Waals surface area contributed by atoms with E-state index in [0.717, 1.165) is 5.56 Å². The Hall–Kier alpha value is -4.49. The summed E-state index contributed by atoms with van der Waals surface area (Å²) in [7, 11) is 0. The molecule has 0 saturated carbocycles. The smallest absolute Gasteiger partial charge is 0.254 e. The lowest BCUT2D eigenvalue weighted by atomic mass is 10.1. The summed E-state index contributed by atoms with van der Waals surface area (Å²) in [5.74, 6) is 1.17. The van der Waals surface area contributed by atoms with Crippen LogP contribution in [0, 0.1) is 0 Å². The average Bonchev–Trinajstić information content (AvgIpc) is 3.49. The van der Waals surface area contributed by atoms with E-state index in [9.17, 15) is 9.59 Å². The molecule has 1 saturated heterocycles. The summed E-state index contributed by atoms with van der Waals surface area (Å²) in [5, 5.41) is 3.50. The number of carbonyl (C=O) groups excluding carboxylic acids is 2. The second kappa shape index (κ2) is 11.3. The molecule has 1 aliphatic rings. The van der Waals surface area contributed by atoms with Gasteiger partial charge in [-0.3, -0.25) is 9.59 Å². The van der Waals surface area contributed by atoms with Crippen molar-refractivity contribution in [3.63, 3.8) is 0 Å². The van der Waals surface area contributed by atoms with Crippen LogP contribution in [0.25, 0.3) is 11.3 Å². The second-order valence-corrected chi connectivity index (χ2v) is 9.26. The first kappa shape index (κ1) is 25.2. The quantitative estimate of drug-likeness (QED) is 0.302. The molecule has 0 radical (unpaired) electrons. The highest BCUT2D eigenvalue weighted by Gasteiger charge is 2.36. The fourth-order valence-corrected chi connectivity index (χ4v) is 4.49. The SMILES string of the molecule is C=C(Oc1ccccc1)N1CCN(C(=O)c2cccc(-c3ccco3)c2)CC1C(=O)Nc1ccc(Cl)cc1. The first-order valence-electron chi connectivity index (χ1n) is 12.2. The fraction of sp³-hybridized carbons (Fsp3) is 0.133. The maximum Gasteiger partial charge on any atom is 0.254 e. The van der Waals surface area contributed by atoms with Crippen LogP contribution in [0.1, 0.15) is 10.4 Å². The Morgan fingerprint density at radius 3 is 2.47 bits per heavy atom. The minimum Gasteiger partial charge on any atom is -0.464 e. The molecule has 1 atom stereocenters. The lowest BCUT2D eigenvalue weighted by molar-refractivity contribution is -0.123. The molecular weight excluding hydrogens is 502 g/mol. The van der Waals surface area contributed by atoms with Crippen LogP contribution < -0.4 is 10.1 Å². The van der Waals surface area contributed by atoms with Crippen molar-refractivity contribution in [2.45, 2.75) is 6.04 Å². The molecule has 2 amide bonds. The Bertz CT molecular complexity index is 1420. The van der Waals surface area contributed by atoms with Gasteiger partial charge in [-0.1, -0.05) is 41.9 Å². The van der Waals surface area contributed by atoms with Gasteiger partial charge in [0, 0.05) is 34.9 Å². The largest absolute Gasteiger partial charge is 0.464 e. The van der Waals surface area contributed by atoms with Crippen LogP contribution in [0.4, 0.5) is 5.69 Å². The van der Waals surface area contributed by atoms with Crippen molar-refractivity contribution < 1.29 is 18.7 Å². The summed E-state index contributed by atoms with van der Waals surface area (Å²) < 4.78 is 11.4. The number of hydrogen-bond donors (Lipinski definition) is 1. The second-order valence-electron chi connectivity index (χ2n) is 8.82. The van der Waals surface area contributed by atoms with Gasteiger partial charge in [0.15, 0.2) is 5.88 Å². The molecule has 8 heteroatoms. The van der Waals surface area contributed by atoms with Crippen molar-refractivity contribution >= 4 is 29.1 Å². The maximum atomic E-state index is 13.5. The van der Waals surface area contributed by atoms with Gasteiger partial charge < -0.3 is 24.3 Å². The summed E-state index contributed by atoms with van der Waals surface area (Å²) in [6, 6.07) is 26.3. The van der Waals surface area contributed by atoms with Crippen LogP contribution in [0.15, 0.2) is 114 Å². The Balaban J connectivity index is 1.37. The highest BCUT2D eigenvalue weighted by Crippen LogP contribution is 2.25. The minimum absolute atomic E-state index is 0.153. The fourth-order valence-electron chi connectivity index (χ4n) is 4.36. The molecule has 1 aliphatic heterocycles. The predicted octanol–water partition coefficient (Wildman–Crippen LogP) is 5.92. The van der Waals surface area contributed by atoms with E-state index in [-0.39, 0.29) is 18.4 Å². The van der Waals surface area contributed by atoms with Crippen LogP contribution >= 0.6 is 11.6 Å². The van der Waals surface area contributed by atoms with Gasteiger partial charge in [-0.05, 0) is 67.2 Å². The number of hydrogen-bond acceptors (Lipinski definition) is 5. The number of rotatable bonds is 7.